The van der Waals surface area contributed by atoms with E-state index >= 15 is 0 Å². The highest BCUT2D eigenvalue weighted by atomic mass is 19.1. The highest BCUT2D eigenvalue weighted by Gasteiger charge is 2.13. The van der Waals surface area contributed by atoms with Crippen molar-refractivity contribution < 1.29 is 14.0 Å². The summed E-state index contributed by atoms with van der Waals surface area (Å²) in [5.74, 6) is -0.397. The molecule has 0 atom stereocenters. The normalized spacial score (nSPS) is 10.7. The first kappa shape index (κ1) is 21.9. The van der Waals surface area contributed by atoms with Gasteiger partial charge in [-0.05, 0) is 61.0 Å². The molecule has 0 fully saturated rings. The molecule has 0 saturated carbocycles. The molecule has 4 aromatic rings. The van der Waals surface area contributed by atoms with E-state index in [2.05, 4.69) is 15.6 Å². The highest BCUT2D eigenvalue weighted by Crippen LogP contribution is 2.20. The number of ketones is 1. The minimum atomic E-state index is -0.572. The SMILES string of the molecule is CC(=O)c1ccc(NC(=O)Cn2c(=O)nc(NCc3ccc(F)cc3)c3ccccc32)cc1. The summed E-state index contributed by atoms with van der Waals surface area (Å²) < 4.78 is 14.4. The molecule has 166 valence electrons. The van der Waals surface area contributed by atoms with Gasteiger partial charge in [0.2, 0.25) is 5.91 Å². The average Bonchev–Trinajstić information content (AvgIpc) is 2.81. The average molecular weight is 444 g/mol. The molecule has 0 aliphatic carbocycles. The third-order valence-electron chi connectivity index (χ3n) is 5.14. The minimum absolute atomic E-state index is 0.0647. The number of carbonyl (C=O) groups is 2. The Morgan fingerprint density at radius 3 is 2.36 bits per heavy atom. The third kappa shape index (κ3) is 5.12. The summed E-state index contributed by atoms with van der Waals surface area (Å²) in [5.41, 5.74) is 1.89. The van der Waals surface area contributed by atoms with Gasteiger partial charge in [0.25, 0.3) is 0 Å². The number of Topliss-reactive ketones (excluding diaryl/α,β-unsaturated/α-hetero) is 1. The van der Waals surface area contributed by atoms with Gasteiger partial charge in [-0.15, -0.1) is 0 Å². The summed E-state index contributed by atoms with van der Waals surface area (Å²) in [7, 11) is 0. The van der Waals surface area contributed by atoms with Gasteiger partial charge in [-0.1, -0.05) is 24.3 Å². The fourth-order valence-electron chi connectivity index (χ4n) is 3.44. The lowest BCUT2D eigenvalue weighted by atomic mass is 10.1. The van der Waals surface area contributed by atoms with E-state index in [1.54, 1.807) is 48.5 Å². The Balaban J connectivity index is 1.55. The molecule has 1 amide bonds. The van der Waals surface area contributed by atoms with E-state index in [0.29, 0.717) is 34.5 Å². The fraction of sp³-hybridized carbons (Fsp3) is 0.120. The van der Waals surface area contributed by atoms with Crippen LogP contribution in [-0.2, 0) is 17.9 Å². The zero-order chi connectivity index (χ0) is 23.4. The van der Waals surface area contributed by atoms with Crippen LogP contribution in [0.4, 0.5) is 15.9 Å². The predicted octanol–water partition coefficient (Wildman–Crippen LogP) is 3.99. The summed E-state index contributed by atoms with van der Waals surface area (Å²) >= 11 is 0. The number of amides is 1. The van der Waals surface area contributed by atoms with Crippen molar-refractivity contribution in [3.8, 4) is 0 Å². The maximum Gasteiger partial charge on any atom is 0.350 e. The summed E-state index contributed by atoms with van der Waals surface area (Å²) in [6, 6.07) is 19.7. The number of rotatable bonds is 7. The lowest BCUT2D eigenvalue weighted by molar-refractivity contribution is -0.116. The van der Waals surface area contributed by atoms with E-state index in [9.17, 15) is 18.8 Å². The first-order valence-electron chi connectivity index (χ1n) is 10.3. The topological polar surface area (TPSA) is 93.1 Å². The summed E-state index contributed by atoms with van der Waals surface area (Å²) in [4.78, 5) is 40.9. The largest absolute Gasteiger partial charge is 0.365 e. The molecule has 2 N–H and O–H groups in total. The second-order valence-electron chi connectivity index (χ2n) is 7.51. The molecule has 0 saturated heterocycles. The van der Waals surface area contributed by atoms with Crippen LogP contribution < -0.4 is 16.3 Å². The Morgan fingerprint density at radius 1 is 0.970 bits per heavy atom. The first-order chi connectivity index (χ1) is 15.9. The van der Waals surface area contributed by atoms with Crippen LogP contribution in [0.2, 0.25) is 0 Å². The molecule has 4 rings (SSSR count). The number of anilines is 2. The van der Waals surface area contributed by atoms with Gasteiger partial charge in [0.1, 0.15) is 18.2 Å². The Bertz CT molecular complexity index is 1380. The number of hydrogen-bond donors (Lipinski definition) is 2. The Kier molecular flexibility index (Phi) is 6.26. The molecule has 0 spiro atoms. The third-order valence-corrected chi connectivity index (χ3v) is 5.14. The molecule has 8 heteroatoms. The van der Waals surface area contributed by atoms with E-state index in [4.69, 9.17) is 0 Å². The van der Waals surface area contributed by atoms with Crippen molar-refractivity contribution in [1.29, 1.82) is 0 Å². The molecule has 1 heterocycles. The maximum atomic E-state index is 13.1. The number of para-hydroxylation sites is 1. The number of nitrogens with one attached hydrogen (secondary N) is 2. The molecule has 0 aliphatic rings. The summed E-state index contributed by atoms with van der Waals surface area (Å²) in [5, 5.41) is 6.53. The zero-order valence-corrected chi connectivity index (χ0v) is 17.8. The van der Waals surface area contributed by atoms with Crippen LogP contribution in [0.25, 0.3) is 10.9 Å². The van der Waals surface area contributed by atoms with Gasteiger partial charge in [0.15, 0.2) is 5.78 Å². The quantitative estimate of drug-likeness (QED) is 0.421. The van der Waals surface area contributed by atoms with Crippen LogP contribution in [0.5, 0.6) is 0 Å². The second-order valence-corrected chi connectivity index (χ2v) is 7.51. The van der Waals surface area contributed by atoms with Crippen LogP contribution >= 0.6 is 0 Å². The van der Waals surface area contributed by atoms with Crippen molar-refractivity contribution in [3.05, 3.63) is 100 Å². The Hall–Kier alpha value is -4.33. The van der Waals surface area contributed by atoms with Gasteiger partial charge >= 0.3 is 5.69 Å². The van der Waals surface area contributed by atoms with Crippen molar-refractivity contribution >= 4 is 34.1 Å². The molecule has 3 aromatic carbocycles. The number of nitrogens with zero attached hydrogens (tertiary/aromatic N) is 2. The number of halogens is 1. The van der Waals surface area contributed by atoms with Crippen LogP contribution in [0.1, 0.15) is 22.8 Å². The smallest absolute Gasteiger partial charge is 0.350 e. The Morgan fingerprint density at radius 2 is 1.67 bits per heavy atom. The van der Waals surface area contributed by atoms with Gasteiger partial charge in [0.05, 0.1) is 5.52 Å². The van der Waals surface area contributed by atoms with Gasteiger partial charge in [-0.3, -0.25) is 14.2 Å². The fourth-order valence-corrected chi connectivity index (χ4v) is 3.44. The van der Waals surface area contributed by atoms with Crippen LogP contribution in [0, 0.1) is 5.82 Å². The maximum absolute atomic E-state index is 13.1. The number of benzene rings is 3. The van der Waals surface area contributed by atoms with E-state index in [1.807, 2.05) is 12.1 Å². The van der Waals surface area contributed by atoms with E-state index in [0.717, 1.165) is 5.56 Å². The number of carbonyl (C=O) groups excluding carboxylic acids is 2. The van der Waals surface area contributed by atoms with E-state index in [-0.39, 0.29) is 18.1 Å². The standard InChI is InChI=1S/C25H21FN4O3/c1-16(31)18-8-12-20(13-9-18)28-23(32)15-30-22-5-3-2-4-21(22)24(29-25(30)33)27-14-17-6-10-19(26)11-7-17/h2-13H,14-15H2,1H3,(H,28,32)(H,27,29,33). The van der Waals surface area contributed by atoms with Crippen molar-refractivity contribution in [3.63, 3.8) is 0 Å². The summed E-state index contributed by atoms with van der Waals surface area (Å²) in [6.45, 7) is 1.60. The number of aromatic nitrogens is 2. The lowest BCUT2D eigenvalue weighted by Gasteiger charge is -2.14. The van der Waals surface area contributed by atoms with Crippen molar-refractivity contribution in [2.24, 2.45) is 0 Å². The van der Waals surface area contributed by atoms with E-state index < -0.39 is 11.6 Å². The van der Waals surface area contributed by atoms with Gasteiger partial charge < -0.3 is 10.6 Å². The molecular formula is C25H21FN4O3. The highest BCUT2D eigenvalue weighted by molar-refractivity contribution is 5.96. The molecule has 33 heavy (non-hydrogen) atoms. The summed E-state index contributed by atoms with van der Waals surface area (Å²) in [6.07, 6.45) is 0. The molecule has 0 radical (unpaired) electrons. The second kappa shape index (κ2) is 9.44. The molecule has 7 nitrogen and oxygen atoms in total. The minimum Gasteiger partial charge on any atom is -0.365 e. The lowest BCUT2D eigenvalue weighted by Crippen LogP contribution is -2.30. The van der Waals surface area contributed by atoms with Crippen LogP contribution in [-0.4, -0.2) is 21.2 Å². The van der Waals surface area contributed by atoms with Crippen molar-refractivity contribution in [2.75, 3.05) is 10.6 Å². The number of fused-ring (bicyclic) bond motifs is 1. The molecule has 0 unspecified atom stereocenters. The van der Waals surface area contributed by atoms with Crippen molar-refractivity contribution in [2.45, 2.75) is 20.0 Å². The molecule has 1 aromatic heterocycles. The van der Waals surface area contributed by atoms with Gasteiger partial charge in [-0.2, -0.15) is 4.98 Å². The monoisotopic (exact) mass is 444 g/mol. The van der Waals surface area contributed by atoms with E-state index in [1.165, 1.54) is 23.6 Å². The van der Waals surface area contributed by atoms with Crippen LogP contribution in [0.15, 0.2) is 77.6 Å². The first-order valence-corrected chi connectivity index (χ1v) is 10.3. The van der Waals surface area contributed by atoms with Crippen LogP contribution in [0.3, 0.4) is 0 Å². The molecule has 0 aliphatic heterocycles. The van der Waals surface area contributed by atoms with Gasteiger partial charge in [0, 0.05) is 23.2 Å². The molecular weight excluding hydrogens is 423 g/mol. The Labute approximate surface area is 188 Å². The van der Waals surface area contributed by atoms with Gasteiger partial charge in [-0.25, -0.2) is 9.18 Å². The predicted molar refractivity (Wildman–Crippen MR) is 125 cm³/mol. The van der Waals surface area contributed by atoms with Crippen molar-refractivity contribution in [1.82, 2.24) is 9.55 Å². The number of hydrogen-bond acceptors (Lipinski definition) is 5. The molecule has 0 bridgehead atoms. The zero-order valence-electron chi connectivity index (χ0n) is 17.8.